The van der Waals surface area contributed by atoms with Gasteiger partial charge in [0.05, 0.1) is 12.3 Å². The van der Waals surface area contributed by atoms with Crippen LogP contribution in [0.4, 0.5) is 0 Å². The molecule has 0 N–H and O–H groups in total. The van der Waals surface area contributed by atoms with Gasteiger partial charge in [-0.15, -0.1) is 0 Å². The maximum atomic E-state index is 4.93. The van der Waals surface area contributed by atoms with E-state index >= 15 is 0 Å². The molecule has 0 saturated heterocycles. The lowest BCUT2D eigenvalue weighted by Crippen LogP contribution is -2.16. The Morgan fingerprint density at radius 3 is 2.29 bits per heavy atom. The van der Waals surface area contributed by atoms with Gasteiger partial charge in [-0.25, -0.2) is 0 Å². The van der Waals surface area contributed by atoms with Crippen LogP contribution in [-0.4, -0.2) is 36.8 Å². The van der Waals surface area contributed by atoms with Gasteiger partial charge in [-0.05, 0) is 0 Å². The van der Waals surface area contributed by atoms with E-state index in [-0.39, 0.29) is 0 Å². The molecule has 0 aromatic carbocycles. The van der Waals surface area contributed by atoms with Gasteiger partial charge in [-0.1, -0.05) is 0 Å². The molecule has 0 rings (SSSR count). The molecular weight excluding hydrogens is 108 g/mol. The lowest BCUT2D eigenvalue weighted by Gasteiger charge is -2.05. The fourth-order valence-electron chi connectivity index (χ4n) is 0.303. The number of methoxy groups -OCH3 is 2. The number of hydrogen-bond donors (Lipinski definition) is 0. The van der Waals surface area contributed by atoms with Crippen LogP contribution < -0.4 is 0 Å². The fraction of sp³-hybridized carbons (Fsp3) is 1.00. The van der Waals surface area contributed by atoms with E-state index in [2.05, 4.69) is 0 Å². The van der Waals surface area contributed by atoms with Crippen LogP contribution in [0.1, 0.15) is 0 Å². The van der Waals surface area contributed by atoms with Crippen molar-refractivity contribution in [2.75, 3.05) is 20.8 Å². The quantitative estimate of drug-likeness (QED) is 0.443. The number of rotatable bonds is 3. The molecule has 0 aliphatic heterocycles. The minimum atomic E-state index is 0.366. The van der Waals surface area contributed by atoms with Crippen LogP contribution in [0.25, 0.3) is 0 Å². The lowest BCUT2D eigenvalue weighted by atomic mass is 10.8. The van der Waals surface area contributed by atoms with Crippen molar-refractivity contribution >= 4 is 10.2 Å². The van der Waals surface area contributed by atoms with Crippen molar-refractivity contribution in [3.63, 3.8) is 0 Å². The molecule has 1 atom stereocenters. The summed E-state index contributed by atoms with van der Waals surface area (Å²) in [5.41, 5.74) is 0.366. The van der Waals surface area contributed by atoms with E-state index in [0.29, 0.717) is 5.73 Å². The van der Waals surface area contributed by atoms with E-state index in [1.807, 2.05) is 0 Å². The third-order valence-electron chi connectivity index (χ3n) is 0.804. The van der Waals surface area contributed by atoms with E-state index in [9.17, 15) is 0 Å². The van der Waals surface area contributed by atoms with E-state index in [0.717, 1.165) is 16.8 Å². The van der Waals surface area contributed by atoms with E-state index in [4.69, 9.17) is 9.47 Å². The van der Waals surface area contributed by atoms with Gasteiger partial charge in [-0.3, -0.25) is 0 Å². The van der Waals surface area contributed by atoms with Crippen LogP contribution in [0, 0.1) is 0 Å². The molecule has 0 bridgehead atoms. The molecule has 2 nitrogen and oxygen atoms in total. The average Bonchev–Trinajstić information content (AvgIpc) is 1.68. The first-order valence-corrected chi connectivity index (χ1v) is 3.48. The van der Waals surface area contributed by atoms with Crippen molar-refractivity contribution in [2.45, 2.75) is 5.73 Å². The van der Waals surface area contributed by atoms with Gasteiger partial charge in [-0.2, -0.15) is 0 Å². The molecule has 0 saturated carbocycles. The molecule has 0 radical (unpaired) electrons. The molecule has 3 heteroatoms. The number of ether oxygens (including phenoxy) is 2. The van der Waals surface area contributed by atoms with Crippen molar-refractivity contribution in [1.29, 1.82) is 0 Å². The van der Waals surface area contributed by atoms with E-state index in [1.165, 1.54) is 0 Å². The topological polar surface area (TPSA) is 18.5 Å². The highest BCUT2D eigenvalue weighted by Crippen LogP contribution is 1.79. The standard InChI is InChI=1S/C4H12O2Si/c1-5-3-4(7)6-2/h4H,3H2,1-2,7H3. The zero-order valence-electron chi connectivity index (χ0n) is 5.10. The van der Waals surface area contributed by atoms with Gasteiger partial charge >= 0.3 is 0 Å². The van der Waals surface area contributed by atoms with Gasteiger partial charge in [0, 0.05) is 24.5 Å². The van der Waals surface area contributed by atoms with Crippen molar-refractivity contribution in [1.82, 2.24) is 0 Å². The van der Waals surface area contributed by atoms with Crippen molar-refractivity contribution in [3.8, 4) is 0 Å². The SMILES string of the molecule is COCC([SiH3])OC. The predicted molar refractivity (Wildman–Crippen MR) is 32.6 cm³/mol. The maximum absolute atomic E-state index is 4.93. The Hall–Kier alpha value is 0.137. The summed E-state index contributed by atoms with van der Waals surface area (Å²) in [7, 11) is 4.44. The molecule has 0 amide bonds. The van der Waals surface area contributed by atoms with Crippen LogP contribution in [0.3, 0.4) is 0 Å². The summed E-state index contributed by atoms with van der Waals surface area (Å²) >= 11 is 0. The third-order valence-corrected chi connectivity index (χ3v) is 1.61. The monoisotopic (exact) mass is 120 g/mol. The first kappa shape index (κ1) is 7.14. The summed E-state index contributed by atoms with van der Waals surface area (Å²) in [6.45, 7) is 0.739. The molecule has 0 aromatic heterocycles. The highest BCUT2D eigenvalue weighted by atomic mass is 28.1. The molecule has 44 valence electrons. The molecule has 0 spiro atoms. The largest absolute Gasteiger partial charge is 0.384 e. The molecule has 0 fully saturated rings. The van der Waals surface area contributed by atoms with Gasteiger partial charge < -0.3 is 9.47 Å². The Balaban J connectivity index is 2.83. The van der Waals surface area contributed by atoms with Crippen LogP contribution in [-0.2, 0) is 9.47 Å². The summed E-state index contributed by atoms with van der Waals surface area (Å²) < 4.78 is 9.73. The Morgan fingerprint density at radius 2 is 2.14 bits per heavy atom. The summed E-state index contributed by atoms with van der Waals surface area (Å²) in [5, 5.41) is 0. The smallest absolute Gasteiger partial charge is 0.0684 e. The molecule has 1 unspecified atom stereocenters. The van der Waals surface area contributed by atoms with Crippen LogP contribution >= 0.6 is 0 Å². The Bertz CT molecular complexity index is 40.7. The fourth-order valence-corrected chi connectivity index (χ4v) is 0.636. The summed E-state index contributed by atoms with van der Waals surface area (Å²) in [6, 6.07) is 0. The van der Waals surface area contributed by atoms with Gasteiger partial charge in [0.1, 0.15) is 0 Å². The molecule has 0 aliphatic rings. The maximum Gasteiger partial charge on any atom is 0.0684 e. The van der Waals surface area contributed by atoms with Gasteiger partial charge in [0.2, 0.25) is 0 Å². The molecule has 0 aliphatic carbocycles. The molecule has 0 heterocycles. The van der Waals surface area contributed by atoms with Crippen molar-refractivity contribution < 1.29 is 9.47 Å². The normalized spacial score (nSPS) is 14.6. The minimum Gasteiger partial charge on any atom is -0.384 e. The van der Waals surface area contributed by atoms with Crippen LogP contribution in [0.2, 0.25) is 0 Å². The lowest BCUT2D eigenvalue weighted by molar-refractivity contribution is 0.0764. The van der Waals surface area contributed by atoms with Gasteiger partial charge in [0.15, 0.2) is 0 Å². The minimum absolute atomic E-state index is 0.366. The number of hydrogen-bond acceptors (Lipinski definition) is 2. The zero-order valence-corrected chi connectivity index (χ0v) is 7.10. The summed E-state index contributed by atoms with van der Waals surface area (Å²) in [5.74, 6) is 0. The zero-order chi connectivity index (χ0) is 5.70. The van der Waals surface area contributed by atoms with Crippen LogP contribution in [0.5, 0.6) is 0 Å². The second-order valence-electron chi connectivity index (χ2n) is 1.50. The second-order valence-corrected chi connectivity index (χ2v) is 2.79. The highest BCUT2D eigenvalue weighted by Gasteiger charge is 1.93. The first-order valence-electron chi connectivity index (χ1n) is 2.33. The third kappa shape index (κ3) is 3.98. The van der Waals surface area contributed by atoms with Crippen LogP contribution in [0.15, 0.2) is 0 Å². The molecule has 0 aromatic rings. The summed E-state index contributed by atoms with van der Waals surface area (Å²) in [6.07, 6.45) is 0. The second kappa shape index (κ2) is 4.30. The molecular formula is C4H12O2Si. The average molecular weight is 120 g/mol. The van der Waals surface area contributed by atoms with E-state index in [1.54, 1.807) is 14.2 Å². The Labute approximate surface area is 47.2 Å². The Kier molecular flexibility index (Phi) is 4.38. The van der Waals surface area contributed by atoms with E-state index < -0.39 is 0 Å². The first-order chi connectivity index (χ1) is 3.31. The molecule has 7 heavy (non-hydrogen) atoms. The van der Waals surface area contributed by atoms with Crippen molar-refractivity contribution in [2.24, 2.45) is 0 Å². The Morgan fingerprint density at radius 1 is 1.57 bits per heavy atom. The predicted octanol–water partition coefficient (Wildman–Crippen LogP) is -1.03. The summed E-state index contributed by atoms with van der Waals surface area (Å²) in [4.78, 5) is 0. The van der Waals surface area contributed by atoms with Crippen molar-refractivity contribution in [3.05, 3.63) is 0 Å². The highest BCUT2D eigenvalue weighted by molar-refractivity contribution is 6.11. The van der Waals surface area contributed by atoms with Gasteiger partial charge in [0.25, 0.3) is 0 Å².